The number of hydrogen-bond acceptors (Lipinski definition) is 2. The van der Waals surface area contributed by atoms with Gasteiger partial charge in [-0.3, -0.25) is 4.79 Å². The number of aromatic hydroxyl groups is 1. The molecule has 116 valence electrons. The van der Waals surface area contributed by atoms with E-state index in [0.29, 0.717) is 18.0 Å². The van der Waals surface area contributed by atoms with Gasteiger partial charge >= 0.3 is 0 Å². The number of halogens is 1. The van der Waals surface area contributed by atoms with E-state index in [1.807, 2.05) is 0 Å². The SMILES string of the molecule is CC(C)CC1(CNC(=O)c2cc(Br)ccc2O)CCCC1. The second kappa shape index (κ2) is 6.82. The van der Waals surface area contributed by atoms with Crippen molar-refractivity contribution in [3.05, 3.63) is 28.2 Å². The van der Waals surface area contributed by atoms with E-state index in [1.165, 1.54) is 25.7 Å². The lowest BCUT2D eigenvalue weighted by atomic mass is 9.78. The number of phenols is 1. The first kappa shape index (κ1) is 16.3. The molecule has 0 saturated heterocycles. The smallest absolute Gasteiger partial charge is 0.255 e. The van der Waals surface area contributed by atoms with Crippen molar-refractivity contribution in [2.75, 3.05) is 6.54 Å². The highest BCUT2D eigenvalue weighted by atomic mass is 79.9. The van der Waals surface area contributed by atoms with Crippen LogP contribution in [-0.4, -0.2) is 17.6 Å². The van der Waals surface area contributed by atoms with Gasteiger partial charge in [0.1, 0.15) is 5.75 Å². The summed E-state index contributed by atoms with van der Waals surface area (Å²) in [7, 11) is 0. The average molecular weight is 354 g/mol. The lowest BCUT2D eigenvalue weighted by Gasteiger charge is -2.31. The summed E-state index contributed by atoms with van der Waals surface area (Å²) in [5.41, 5.74) is 0.577. The van der Waals surface area contributed by atoms with E-state index in [-0.39, 0.29) is 17.1 Å². The Bertz CT molecular complexity index is 508. The molecule has 1 aliphatic carbocycles. The van der Waals surface area contributed by atoms with Gasteiger partial charge in [-0.25, -0.2) is 0 Å². The van der Waals surface area contributed by atoms with Crippen LogP contribution in [-0.2, 0) is 0 Å². The summed E-state index contributed by atoms with van der Waals surface area (Å²) in [6.07, 6.45) is 6.04. The van der Waals surface area contributed by atoms with Gasteiger partial charge in [0, 0.05) is 11.0 Å². The van der Waals surface area contributed by atoms with E-state index in [0.717, 1.165) is 10.9 Å². The number of benzene rings is 1. The molecule has 1 fully saturated rings. The zero-order valence-corrected chi connectivity index (χ0v) is 14.4. The number of amides is 1. The molecular weight excluding hydrogens is 330 g/mol. The Morgan fingerprint density at radius 2 is 2.05 bits per heavy atom. The Kier molecular flexibility index (Phi) is 5.31. The van der Waals surface area contributed by atoms with E-state index < -0.39 is 0 Å². The van der Waals surface area contributed by atoms with E-state index in [2.05, 4.69) is 35.1 Å². The van der Waals surface area contributed by atoms with Gasteiger partial charge < -0.3 is 10.4 Å². The van der Waals surface area contributed by atoms with E-state index in [4.69, 9.17) is 0 Å². The number of hydrogen-bond donors (Lipinski definition) is 2. The second-order valence-electron chi connectivity index (χ2n) is 6.65. The molecule has 1 aromatic carbocycles. The van der Waals surface area contributed by atoms with Crippen LogP contribution in [0.1, 0.15) is 56.3 Å². The zero-order valence-electron chi connectivity index (χ0n) is 12.8. The van der Waals surface area contributed by atoms with Gasteiger partial charge in [0.05, 0.1) is 5.56 Å². The van der Waals surface area contributed by atoms with Gasteiger partial charge in [0.15, 0.2) is 0 Å². The van der Waals surface area contributed by atoms with E-state index in [1.54, 1.807) is 18.2 Å². The maximum Gasteiger partial charge on any atom is 0.255 e. The molecule has 0 aliphatic heterocycles. The maximum atomic E-state index is 12.3. The summed E-state index contributed by atoms with van der Waals surface area (Å²) in [5.74, 6) is 0.475. The standard InChI is InChI=1S/C17H24BrNO2/c1-12(2)10-17(7-3-4-8-17)11-19-16(21)14-9-13(18)5-6-15(14)20/h5-6,9,12,20H,3-4,7-8,10-11H2,1-2H3,(H,19,21). The molecule has 1 aliphatic rings. The normalized spacial score (nSPS) is 17.1. The third-order valence-electron chi connectivity index (χ3n) is 4.33. The van der Waals surface area contributed by atoms with Crippen molar-refractivity contribution in [1.82, 2.24) is 5.32 Å². The fourth-order valence-electron chi connectivity index (χ4n) is 3.50. The molecule has 2 N–H and O–H groups in total. The van der Waals surface area contributed by atoms with E-state index in [9.17, 15) is 9.90 Å². The molecule has 2 rings (SSSR count). The summed E-state index contributed by atoms with van der Waals surface area (Å²) in [6.45, 7) is 5.18. The van der Waals surface area contributed by atoms with Crippen molar-refractivity contribution in [3.8, 4) is 5.75 Å². The molecular formula is C17H24BrNO2. The average Bonchev–Trinajstić information content (AvgIpc) is 2.87. The summed E-state index contributed by atoms with van der Waals surface area (Å²) in [6, 6.07) is 4.93. The minimum absolute atomic E-state index is 0.0278. The quantitative estimate of drug-likeness (QED) is 0.818. The topological polar surface area (TPSA) is 49.3 Å². The van der Waals surface area contributed by atoms with Crippen LogP contribution in [0.5, 0.6) is 5.75 Å². The highest BCUT2D eigenvalue weighted by Crippen LogP contribution is 2.42. The third kappa shape index (κ3) is 4.22. The Hall–Kier alpha value is -1.03. The molecule has 1 amide bonds. The number of phenolic OH excluding ortho intramolecular Hbond substituents is 1. The van der Waals surface area contributed by atoms with Crippen LogP contribution in [0.4, 0.5) is 0 Å². The molecule has 0 heterocycles. The first-order valence-electron chi connectivity index (χ1n) is 7.69. The fraction of sp³-hybridized carbons (Fsp3) is 0.588. The Morgan fingerprint density at radius 1 is 1.38 bits per heavy atom. The largest absolute Gasteiger partial charge is 0.507 e. The minimum Gasteiger partial charge on any atom is -0.507 e. The molecule has 1 saturated carbocycles. The van der Waals surface area contributed by atoms with Gasteiger partial charge in [0.25, 0.3) is 5.91 Å². The predicted octanol–water partition coefficient (Wildman–Crippen LogP) is 4.49. The van der Waals surface area contributed by atoms with Crippen molar-refractivity contribution in [3.63, 3.8) is 0 Å². The number of carbonyl (C=O) groups excluding carboxylic acids is 1. The van der Waals surface area contributed by atoms with Crippen molar-refractivity contribution in [2.45, 2.75) is 46.0 Å². The number of nitrogens with one attached hydrogen (secondary N) is 1. The molecule has 1 aromatic rings. The first-order valence-corrected chi connectivity index (χ1v) is 8.48. The van der Waals surface area contributed by atoms with Crippen LogP contribution in [0.3, 0.4) is 0 Å². The molecule has 0 bridgehead atoms. The molecule has 0 atom stereocenters. The molecule has 21 heavy (non-hydrogen) atoms. The summed E-state index contributed by atoms with van der Waals surface area (Å²) in [5, 5.41) is 12.9. The fourth-order valence-corrected chi connectivity index (χ4v) is 3.86. The number of carbonyl (C=O) groups is 1. The van der Waals surface area contributed by atoms with Crippen LogP contribution >= 0.6 is 15.9 Å². The lowest BCUT2D eigenvalue weighted by molar-refractivity contribution is 0.0919. The molecule has 0 unspecified atom stereocenters. The monoisotopic (exact) mass is 353 g/mol. The molecule has 3 nitrogen and oxygen atoms in total. The predicted molar refractivity (Wildman–Crippen MR) is 88.5 cm³/mol. The van der Waals surface area contributed by atoms with Gasteiger partial charge in [-0.15, -0.1) is 0 Å². The van der Waals surface area contributed by atoms with Crippen molar-refractivity contribution in [1.29, 1.82) is 0 Å². The van der Waals surface area contributed by atoms with Gasteiger partial charge in [0.2, 0.25) is 0 Å². The van der Waals surface area contributed by atoms with Gasteiger partial charge in [-0.05, 0) is 48.8 Å². The Balaban J connectivity index is 2.03. The zero-order chi connectivity index (χ0) is 15.5. The Morgan fingerprint density at radius 3 is 2.67 bits per heavy atom. The number of rotatable bonds is 5. The highest BCUT2D eigenvalue weighted by Gasteiger charge is 2.34. The van der Waals surface area contributed by atoms with Crippen LogP contribution in [0.15, 0.2) is 22.7 Å². The summed E-state index contributed by atoms with van der Waals surface area (Å²) in [4.78, 5) is 12.3. The summed E-state index contributed by atoms with van der Waals surface area (Å²) >= 11 is 3.33. The van der Waals surface area contributed by atoms with Crippen LogP contribution in [0.2, 0.25) is 0 Å². The van der Waals surface area contributed by atoms with Crippen LogP contribution in [0.25, 0.3) is 0 Å². The van der Waals surface area contributed by atoms with Gasteiger partial charge in [-0.1, -0.05) is 42.6 Å². The van der Waals surface area contributed by atoms with E-state index >= 15 is 0 Å². The minimum atomic E-state index is -0.191. The maximum absolute atomic E-state index is 12.3. The molecule has 0 aromatic heterocycles. The molecule has 0 radical (unpaired) electrons. The Labute approximate surface area is 135 Å². The van der Waals surface area contributed by atoms with Crippen LogP contribution in [0, 0.1) is 11.3 Å². The molecule has 0 spiro atoms. The first-order chi connectivity index (χ1) is 9.92. The van der Waals surface area contributed by atoms with Crippen LogP contribution < -0.4 is 5.32 Å². The molecule has 4 heteroatoms. The van der Waals surface area contributed by atoms with Crippen molar-refractivity contribution >= 4 is 21.8 Å². The second-order valence-corrected chi connectivity index (χ2v) is 7.56. The van der Waals surface area contributed by atoms with Gasteiger partial charge in [-0.2, -0.15) is 0 Å². The van der Waals surface area contributed by atoms with Crippen molar-refractivity contribution in [2.24, 2.45) is 11.3 Å². The summed E-state index contributed by atoms with van der Waals surface area (Å²) < 4.78 is 0.795. The third-order valence-corrected chi connectivity index (χ3v) is 4.83. The lowest BCUT2D eigenvalue weighted by Crippen LogP contribution is -2.36. The van der Waals surface area contributed by atoms with Crippen molar-refractivity contribution < 1.29 is 9.90 Å². The highest BCUT2D eigenvalue weighted by molar-refractivity contribution is 9.10.